The van der Waals surface area contributed by atoms with E-state index in [2.05, 4.69) is 0 Å². The van der Waals surface area contributed by atoms with Crippen molar-refractivity contribution in [2.24, 2.45) is 0 Å². The minimum atomic E-state index is -0.437. The Bertz CT molecular complexity index is 615. The van der Waals surface area contributed by atoms with Crippen LogP contribution in [0.5, 0.6) is 11.5 Å². The summed E-state index contributed by atoms with van der Waals surface area (Å²) in [7, 11) is 3.10. The number of hydrogen-bond acceptors (Lipinski definition) is 6. The number of anilines is 2. The topological polar surface area (TPSA) is 91.3 Å². The van der Waals surface area contributed by atoms with Crippen LogP contribution >= 0.6 is 0 Å². The molecular weight excluding hydrogens is 312 g/mol. The van der Waals surface area contributed by atoms with Crippen molar-refractivity contribution in [2.45, 2.75) is 14.4 Å². The second kappa shape index (κ2) is 10.9. The Morgan fingerprint density at radius 2 is 1.58 bits per heavy atom. The molecule has 0 fully saturated rings. The Morgan fingerprint density at radius 1 is 1.04 bits per heavy atom. The zero-order valence-electron chi connectivity index (χ0n) is 13.2. The summed E-state index contributed by atoms with van der Waals surface area (Å²) in [6.45, 7) is 1.28. The van der Waals surface area contributed by atoms with Crippen LogP contribution in [0.1, 0.15) is 14.4 Å². The Balaban J connectivity index is 0.000000436. The summed E-state index contributed by atoms with van der Waals surface area (Å²) in [5.74, 6) is 0.880. The lowest BCUT2D eigenvalue weighted by Crippen LogP contribution is -2.23. The van der Waals surface area contributed by atoms with Crippen molar-refractivity contribution in [1.82, 2.24) is 0 Å². The Labute approximate surface area is 142 Å². The zero-order chi connectivity index (χ0) is 17.2. The summed E-state index contributed by atoms with van der Waals surface area (Å²) in [6.07, 6.45) is 0. The van der Waals surface area contributed by atoms with Gasteiger partial charge in [0.05, 0.1) is 25.6 Å². The molecule has 7 nitrogen and oxygen atoms in total. The number of hydrogen-bond donors (Lipinski definition) is 3. The van der Waals surface area contributed by atoms with Crippen LogP contribution in [-0.4, -0.2) is 30.5 Å². The first-order chi connectivity index (χ1) is 11.0. The van der Waals surface area contributed by atoms with Crippen molar-refractivity contribution in [3.8, 4) is 11.5 Å². The highest BCUT2D eigenvalue weighted by atomic mass is 16.5. The number of methoxy groups -OCH3 is 2. The van der Waals surface area contributed by atoms with Gasteiger partial charge in [0.1, 0.15) is 11.5 Å². The summed E-state index contributed by atoms with van der Waals surface area (Å²) < 4.78 is 9.84. The predicted octanol–water partition coefficient (Wildman–Crippen LogP) is 3.57. The fourth-order valence-electron chi connectivity index (χ4n) is 1.62. The van der Waals surface area contributed by atoms with Crippen LogP contribution in [0.2, 0.25) is 0 Å². The number of hydroxylamine groups is 1. The summed E-state index contributed by atoms with van der Waals surface area (Å²) >= 11 is 0. The van der Waals surface area contributed by atoms with Crippen molar-refractivity contribution in [3.63, 3.8) is 0 Å². The summed E-state index contributed by atoms with van der Waals surface area (Å²) in [5, 5.41) is 18.3. The van der Waals surface area contributed by atoms with Crippen molar-refractivity contribution in [2.75, 3.05) is 24.8 Å². The second-order valence-corrected chi connectivity index (χ2v) is 4.38. The van der Waals surface area contributed by atoms with Crippen LogP contribution in [0, 0.1) is 0 Å². The number of rotatable bonds is 4. The molecule has 0 aliphatic rings. The molecule has 2 aromatic rings. The lowest BCUT2D eigenvalue weighted by Gasteiger charge is -2.12. The van der Waals surface area contributed by atoms with E-state index in [1.165, 1.54) is 14.0 Å². The fraction of sp³-hybridized carbons (Fsp3) is 0.235. The van der Waals surface area contributed by atoms with Crippen molar-refractivity contribution in [3.05, 3.63) is 48.5 Å². The zero-order valence-corrected chi connectivity index (χ0v) is 13.2. The molecule has 3 N–H and O–H groups in total. The van der Waals surface area contributed by atoms with Crippen LogP contribution in [0.25, 0.3) is 0 Å². The molecular formula is C17H24N2O5. The second-order valence-electron chi connectivity index (χ2n) is 4.38. The number of amides is 1. The molecule has 2 rings (SSSR count). The largest absolute Gasteiger partial charge is 0.497 e. The molecule has 0 atom stereocenters. The normalized spacial score (nSPS) is 8.88. The van der Waals surface area contributed by atoms with E-state index in [1.807, 2.05) is 5.48 Å². The Hall–Kier alpha value is -2.77. The third-order valence-corrected chi connectivity index (χ3v) is 2.80. The van der Waals surface area contributed by atoms with Crippen molar-refractivity contribution >= 4 is 17.3 Å². The number of carbonyl (C=O) groups excluding carboxylic acids is 1. The molecule has 0 aliphatic heterocycles. The van der Waals surface area contributed by atoms with Gasteiger partial charge >= 0.3 is 0 Å². The minimum Gasteiger partial charge on any atom is -0.497 e. The third-order valence-electron chi connectivity index (χ3n) is 2.80. The molecule has 2 aromatic carbocycles. The van der Waals surface area contributed by atoms with Crippen LogP contribution < -0.4 is 20.0 Å². The van der Waals surface area contributed by atoms with Crippen LogP contribution in [0.15, 0.2) is 48.5 Å². The Morgan fingerprint density at radius 3 is 2.08 bits per heavy atom. The molecule has 132 valence electrons. The number of ether oxygens (including phenoxy) is 2. The number of nitrogens with one attached hydrogen (secondary N) is 1. The molecule has 0 aliphatic carbocycles. The van der Waals surface area contributed by atoms with Gasteiger partial charge in [0.15, 0.2) is 0 Å². The molecule has 0 aromatic heterocycles. The first kappa shape index (κ1) is 21.2. The van der Waals surface area contributed by atoms with Gasteiger partial charge in [-0.05, 0) is 24.3 Å². The van der Waals surface area contributed by atoms with Gasteiger partial charge in [-0.3, -0.25) is 20.7 Å². The highest BCUT2D eigenvalue weighted by Crippen LogP contribution is 2.19. The Kier molecular flexibility index (Phi) is 9.62. The van der Waals surface area contributed by atoms with Crippen LogP contribution in [-0.2, 0) is 4.79 Å². The first-order valence-corrected chi connectivity index (χ1v) is 6.69. The molecule has 0 radical (unpaired) electrons. The highest BCUT2D eigenvalue weighted by molar-refractivity contribution is 5.89. The van der Waals surface area contributed by atoms with Gasteiger partial charge in [-0.25, -0.2) is 0 Å². The van der Waals surface area contributed by atoms with E-state index in [4.69, 9.17) is 14.7 Å². The monoisotopic (exact) mass is 336 g/mol. The molecule has 0 heterocycles. The summed E-state index contributed by atoms with van der Waals surface area (Å²) in [4.78, 5) is 10.8. The van der Waals surface area contributed by atoms with E-state index in [-0.39, 0.29) is 7.43 Å². The average Bonchev–Trinajstić information content (AvgIpc) is 2.61. The molecule has 0 saturated heterocycles. The summed E-state index contributed by atoms with van der Waals surface area (Å²) in [6, 6.07) is 13.6. The molecule has 0 unspecified atom stereocenters. The quantitative estimate of drug-likeness (QED) is 0.584. The molecule has 0 saturated carbocycles. The molecule has 1 amide bonds. The number of carbonyl (C=O) groups is 1. The van der Waals surface area contributed by atoms with Crippen molar-refractivity contribution < 1.29 is 24.7 Å². The molecule has 24 heavy (non-hydrogen) atoms. The van der Waals surface area contributed by atoms with E-state index in [1.54, 1.807) is 55.6 Å². The average molecular weight is 336 g/mol. The molecule has 0 bridgehead atoms. The standard InChI is InChI=1S/C9H11NO3.C7H9NO2.CH4/c1-7(11)10(12)8-4-3-5-9(6-8)13-2;1-10-7-4-2-3-6(5-7)8-9;/h3-6,12H,1-2H3;2-5,8-9H,1H3;1H4. The van der Waals surface area contributed by atoms with E-state index in [0.29, 0.717) is 22.2 Å². The van der Waals surface area contributed by atoms with Gasteiger partial charge in [0.25, 0.3) is 0 Å². The van der Waals surface area contributed by atoms with E-state index < -0.39 is 5.91 Å². The fourth-order valence-corrected chi connectivity index (χ4v) is 1.62. The van der Waals surface area contributed by atoms with E-state index >= 15 is 0 Å². The van der Waals surface area contributed by atoms with Crippen molar-refractivity contribution in [1.29, 1.82) is 0 Å². The van der Waals surface area contributed by atoms with Gasteiger partial charge in [0.2, 0.25) is 5.91 Å². The molecule has 0 spiro atoms. The van der Waals surface area contributed by atoms with E-state index in [9.17, 15) is 10.0 Å². The van der Waals surface area contributed by atoms with Crippen LogP contribution in [0.4, 0.5) is 11.4 Å². The molecule has 7 heteroatoms. The number of benzene rings is 2. The minimum absolute atomic E-state index is 0. The van der Waals surface area contributed by atoms with Crippen LogP contribution in [0.3, 0.4) is 0 Å². The SMILES string of the molecule is C.COc1cccc(N(O)C(C)=O)c1.COc1cccc(NO)c1. The summed E-state index contributed by atoms with van der Waals surface area (Å²) in [5.41, 5.74) is 3.04. The van der Waals surface area contributed by atoms with Gasteiger partial charge in [-0.1, -0.05) is 19.6 Å². The first-order valence-electron chi connectivity index (χ1n) is 6.69. The van der Waals surface area contributed by atoms with Gasteiger partial charge in [-0.2, -0.15) is 5.06 Å². The highest BCUT2D eigenvalue weighted by Gasteiger charge is 2.07. The maximum Gasteiger partial charge on any atom is 0.247 e. The maximum absolute atomic E-state index is 10.8. The van der Waals surface area contributed by atoms with E-state index in [0.717, 1.165) is 5.75 Å². The van der Waals surface area contributed by atoms with Gasteiger partial charge < -0.3 is 9.47 Å². The lowest BCUT2D eigenvalue weighted by atomic mass is 10.3. The maximum atomic E-state index is 10.8. The lowest BCUT2D eigenvalue weighted by molar-refractivity contribution is -0.121. The third kappa shape index (κ3) is 6.55. The predicted molar refractivity (Wildman–Crippen MR) is 93.1 cm³/mol. The number of nitrogens with zero attached hydrogens (tertiary/aromatic N) is 1. The van der Waals surface area contributed by atoms with Gasteiger partial charge in [0, 0.05) is 19.1 Å². The smallest absolute Gasteiger partial charge is 0.247 e. The van der Waals surface area contributed by atoms with Gasteiger partial charge in [-0.15, -0.1) is 0 Å².